The number of aliphatic hydroxyl groups is 5. The highest BCUT2D eigenvalue weighted by Gasteiger charge is 2.44. The normalized spacial score (nSPS) is 18.0. The second-order valence-electron chi connectivity index (χ2n) is 26.4. The van der Waals surface area contributed by atoms with Crippen LogP contribution in [0.25, 0.3) is 0 Å². The largest absolute Gasteiger partial charge is 0.466 e. The van der Waals surface area contributed by atoms with E-state index in [4.69, 9.17) is 14.2 Å². The van der Waals surface area contributed by atoms with Gasteiger partial charge in [-0.15, -0.1) is 0 Å². The summed E-state index contributed by atoms with van der Waals surface area (Å²) >= 11 is 0. The molecule has 1 fully saturated rings. The summed E-state index contributed by atoms with van der Waals surface area (Å²) in [7, 11) is 0. The van der Waals surface area contributed by atoms with Crippen molar-refractivity contribution in [2.75, 3.05) is 19.8 Å². The Morgan fingerprint density at radius 1 is 0.425 bits per heavy atom. The minimum absolute atomic E-state index is 0.00807. The summed E-state index contributed by atoms with van der Waals surface area (Å²) in [6.07, 6.45) is 74.3. The molecule has 1 saturated heterocycles. The summed E-state index contributed by atoms with van der Waals surface area (Å²) in [5.74, 6) is -0.169. The summed E-state index contributed by atoms with van der Waals surface area (Å²) in [5.41, 5.74) is 0. The van der Waals surface area contributed by atoms with Crippen LogP contribution in [0.5, 0.6) is 0 Å². The van der Waals surface area contributed by atoms with Crippen LogP contribution in [0, 0.1) is 0 Å². The van der Waals surface area contributed by atoms with Crippen molar-refractivity contribution >= 4 is 11.9 Å². The average Bonchev–Trinajstić information content (AvgIpc) is 1.86. The number of aliphatic hydroxyl groups excluding tert-OH is 5. The van der Waals surface area contributed by atoms with Gasteiger partial charge < -0.3 is 45.1 Å². The third-order valence-electron chi connectivity index (χ3n) is 18.0. The zero-order valence-electron chi connectivity index (χ0n) is 57.0. The monoisotopic (exact) mass is 1230 g/mol. The van der Waals surface area contributed by atoms with Crippen molar-refractivity contribution in [1.29, 1.82) is 0 Å². The molecule has 1 aliphatic rings. The van der Waals surface area contributed by atoms with Gasteiger partial charge in [-0.3, -0.25) is 9.59 Å². The van der Waals surface area contributed by atoms with E-state index in [0.717, 1.165) is 57.8 Å². The van der Waals surface area contributed by atoms with Crippen LogP contribution in [0.2, 0.25) is 0 Å². The minimum atomic E-state index is -1.57. The molecule has 1 heterocycles. The first-order chi connectivity index (χ1) is 42.7. The number of carbonyl (C=O) groups is 2. The molecule has 1 aliphatic heterocycles. The SMILES string of the molecule is CCCCCCCCCCCCCC/C=C/C(O)C(COC1OC(CO)C(O)C(O)C1O)NC(=O)CCCCCCCCCCCCCCCCCCC/C=C\C/C=C\CCCCCCCCCCCOC(=O)CCCCCCCCCCCCCC. The molecular weight excluding hydrogens is 1090 g/mol. The second kappa shape index (κ2) is 65.4. The van der Waals surface area contributed by atoms with Crippen LogP contribution in [0.4, 0.5) is 0 Å². The highest BCUT2D eigenvalue weighted by molar-refractivity contribution is 5.76. The minimum Gasteiger partial charge on any atom is -0.466 e. The molecule has 11 heteroatoms. The maximum atomic E-state index is 13.1. The van der Waals surface area contributed by atoms with Gasteiger partial charge in [0.25, 0.3) is 0 Å². The highest BCUT2D eigenvalue weighted by atomic mass is 16.7. The fourth-order valence-corrected chi connectivity index (χ4v) is 12.1. The number of ether oxygens (including phenoxy) is 3. The van der Waals surface area contributed by atoms with E-state index in [1.54, 1.807) is 6.08 Å². The van der Waals surface area contributed by atoms with Crippen LogP contribution in [-0.4, -0.2) is 100 Å². The van der Waals surface area contributed by atoms with E-state index in [9.17, 15) is 35.1 Å². The van der Waals surface area contributed by atoms with E-state index < -0.39 is 49.5 Å². The zero-order valence-corrected chi connectivity index (χ0v) is 57.0. The molecule has 0 aromatic carbocycles. The molecule has 6 N–H and O–H groups in total. The van der Waals surface area contributed by atoms with Gasteiger partial charge in [0.2, 0.25) is 5.91 Å². The summed E-state index contributed by atoms with van der Waals surface area (Å²) in [6, 6.07) is -0.809. The van der Waals surface area contributed by atoms with Crippen molar-refractivity contribution < 1.29 is 49.3 Å². The van der Waals surface area contributed by atoms with E-state index in [1.807, 2.05) is 6.08 Å². The first kappa shape index (κ1) is 82.9. The van der Waals surface area contributed by atoms with Crippen molar-refractivity contribution in [3.05, 3.63) is 36.5 Å². The zero-order chi connectivity index (χ0) is 63.0. The molecule has 0 aliphatic carbocycles. The molecule has 0 saturated carbocycles. The number of amides is 1. The maximum Gasteiger partial charge on any atom is 0.305 e. The number of unbranched alkanes of at least 4 members (excludes halogenated alkanes) is 49. The standard InChI is InChI=1S/C76H143NO10/c1-3-5-7-9-11-13-15-17-39-42-46-50-54-58-62-69(79)68(67-86-76-75(84)74(83)73(82)70(66-78)87-76)77-71(80)63-59-55-51-47-43-40-37-35-33-31-29-27-25-23-21-19-18-20-22-24-26-28-30-32-34-36-38-41-45-49-53-57-61-65-85-72(81)64-60-56-52-48-44-16-14-12-10-8-6-4-2/h22,24,28,30,58,62,68-70,73-76,78-79,82-84H,3-21,23,25-27,29,31-57,59-61,63-67H2,1-2H3,(H,77,80)/b24-22-,30-28-,62-58+. The van der Waals surface area contributed by atoms with E-state index in [-0.39, 0.29) is 18.5 Å². The topological polar surface area (TPSA) is 175 Å². The lowest BCUT2D eigenvalue weighted by Crippen LogP contribution is -2.60. The molecule has 11 nitrogen and oxygen atoms in total. The van der Waals surface area contributed by atoms with E-state index in [0.29, 0.717) is 19.4 Å². The summed E-state index contributed by atoms with van der Waals surface area (Å²) < 4.78 is 16.8. The van der Waals surface area contributed by atoms with Gasteiger partial charge in [0, 0.05) is 12.8 Å². The number of hydrogen-bond donors (Lipinski definition) is 6. The Morgan fingerprint density at radius 3 is 1.16 bits per heavy atom. The van der Waals surface area contributed by atoms with Crippen molar-refractivity contribution in [1.82, 2.24) is 5.32 Å². The Balaban J connectivity index is 1.96. The first-order valence-electron chi connectivity index (χ1n) is 37.8. The molecule has 1 rings (SSSR count). The Labute approximate surface area is 536 Å². The van der Waals surface area contributed by atoms with Gasteiger partial charge in [0.05, 0.1) is 32.0 Å². The summed E-state index contributed by atoms with van der Waals surface area (Å²) in [6.45, 7) is 4.38. The Bertz CT molecular complexity index is 1540. The van der Waals surface area contributed by atoms with E-state index in [2.05, 4.69) is 43.5 Å². The van der Waals surface area contributed by atoms with Crippen LogP contribution in [0.15, 0.2) is 36.5 Å². The highest BCUT2D eigenvalue weighted by Crippen LogP contribution is 2.24. The van der Waals surface area contributed by atoms with Gasteiger partial charge in [0.15, 0.2) is 6.29 Å². The molecule has 0 spiro atoms. The van der Waals surface area contributed by atoms with Crippen molar-refractivity contribution in [3.63, 3.8) is 0 Å². The molecule has 7 unspecified atom stereocenters. The first-order valence-corrected chi connectivity index (χ1v) is 37.8. The van der Waals surface area contributed by atoms with E-state index >= 15 is 0 Å². The van der Waals surface area contributed by atoms with Gasteiger partial charge in [-0.1, -0.05) is 333 Å². The molecule has 0 aromatic rings. The summed E-state index contributed by atoms with van der Waals surface area (Å²) in [4.78, 5) is 25.1. The van der Waals surface area contributed by atoms with Crippen LogP contribution < -0.4 is 5.32 Å². The van der Waals surface area contributed by atoms with Crippen LogP contribution in [0.1, 0.15) is 373 Å². The molecular formula is C76H143NO10. The van der Waals surface area contributed by atoms with Gasteiger partial charge in [0.1, 0.15) is 24.4 Å². The molecule has 1 amide bonds. The van der Waals surface area contributed by atoms with Crippen LogP contribution >= 0.6 is 0 Å². The Kier molecular flexibility index (Phi) is 62.3. The van der Waals surface area contributed by atoms with Crippen LogP contribution in [0.3, 0.4) is 0 Å². The number of rotatable bonds is 67. The predicted molar refractivity (Wildman–Crippen MR) is 366 cm³/mol. The molecule has 87 heavy (non-hydrogen) atoms. The fourth-order valence-electron chi connectivity index (χ4n) is 12.1. The van der Waals surface area contributed by atoms with Crippen molar-refractivity contribution in [2.45, 2.75) is 416 Å². The number of hydrogen-bond acceptors (Lipinski definition) is 10. The van der Waals surface area contributed by atoms with Gasteiger partial charge in [-0.05, 0) is 64.2 Å². The lowest BCUT2D eigenvalue weighted by atomic mass is 9.99. The summed E-state index contributed by atoms with van der Waals surface area (Å²) in [5, 5.41) is 54.6. The van der Waals surface area contributed by atoms with Gasteiger partial charge in [-0.2, -0.15) is 0 Å². The van der Waals surface area contributed by atoms with E-state index in [1.165, 1.54) is 289 Å². The number of allylic oxidation sites excluding steroid dienone is 5. The smallest absolute Gasteiger partial charge is 0.305 e. The van der Waals surface area contributed by atoms with Gasteiger partial charge >= 0.3 is 5.97 Å². The Morgan fingerprint density at radius 2 is 0.770 bits per heavy atom. The molecule has 0 bridgehead atoms. The maximum absolute atomic E-state index is 13.1. The van der Waals surface area contributed by atoms with Crippen molar-refractivity contribution in [3.8, 4) is 0 Å². The third-order valence-corrected chi connectivity index (χ3v) is 18.0. The molecule has 0 radical (unpaired) electrons. The fraction of sp³-hybridized carbons (Fsp3) is 0.895. The van der Waals surface area contributed by atoms with Crippen LogP contribution in [-0.2, 0) is 23.8 Å². The molecule has 0 aromatic heterocycles. The predicted octanol–water partition coefficient (Wildman–Crippen LogP) is 19.7. The lowest BCUT2D eigenvalue weighted by molar-refractivity contribution is -0.302. The molecule has 512 valence electrons. The number of carbonyl (C=O) groups excluding carboxylic acids is 2. The lowest BCUT2D eigenvalue weighted by Gasteiger charge is -2.40. The van der Waals surface area contributed by atoms with Gasteiger partial charge in [-0.25, -0.2) is 0 Å². The van der Waals surface area contributed by atoms with Crippen molar-refractivity contribution in [2.24, 2.45) is 0 Å². The third kappa shape index (κ3) is 54.2. The number of esters is 1. The Hall–Kier alpha value is -2.12. The number of nitrogens with one attached hydrogen (secondary N) is 1. The second-order valence-corrected chi connectivity index (χ2v) is 26.4. The molecule has 7 atom stereocenters. The quantitative estimate of drug-likeness (QED) is 0.0195. The average molecular weight is 1230 g/mol.